The van der Waals surface area contributed by atoms with Gasteiger partial charge in [0.2, 0.25) is 5.91 Å². The summed E-state index contributed by atoms with van der Waals surface area (Å²) in [4.78, 5) is 25.5. The van der Waals surface area contributed by atoms with Gasteiger partial charge in [-0.25, -0.2) is 4.79 Å². The Morgan fingerprint density at radius 3 is 2.38 bits per heavy atom. The lowest BCUT2D eigenvalue weighted by molar-refractivity contribution is -0.117. The van der Waals surface area contributed by atoms with Crippen molar-refractivity contribution in [2.75, 3.05) is 5.32 Å². The maximum atomic E-state index is 13.6. The number of para-hydroxylation sites is 1. The largest absolute Gasteiger partial charge is 0.489 e. The van der Waals surface area contributed by atoms with E-state index in [9.17, 15) is 14.7 Å². The van der Waals surface area contributed by atoms with E-state index in [1.807, 2.05) is 111 Å². The number of hydrogen-bond acceptors (Lipinski definition) is 3. The predicted molar refractivity (Wildman–Crippen MR) is 159 cm³/mol. The Balaban J connectivity index is 1.46. The average Bonchev–Trinajstić information content (AvgIpc) is 2.97. The quantitative estimate of drug-likeness (QED) is 0.205. The molecule has 0 saturated heterocycles. The first kappa shape index (κ1) is 26.7. The molecule has 0 fully saturated rings. The van der Waals surface area contributed by atoms with Gasteiger partial charge in [-0.15, -0.1) is 0 Å². The second-order valence-corrected chi connectivity index (χ2v) is 9.96. The zero-order valence-electron chi connectivity index (χ0n) is 22.6. The van der Waals surface area contributed by atoms with E-state index >= 15 is 0 Å². The van der Waals surface area contributed by atoms with Crippen molar-refractivity contribution in [3.8, 4) is 5.75 Å². The molecule has 0 heterocycles. The molecule has 0 aliphatic carbocycles. The highest BCUT2D eigenvalue weighted by molar-refractivity contribution is 6.00. The summed E-state index contributed by atoms with van der Waals surface area (Å²) < 4.78 is 6.07. The lowest BCUT2D eigenvalue weighted by atomic mass is 9.93. The highest BCUT2D eigenvalue weighted by atomic mass is 16.5. The van der Waals surface area contributed by atoms with Crippen LogP contribution >= 0.6 is 0 Å². The summed E-state index contributed by atoms with van der Waals surface area (Å²) in [5.41, 5.74) is 5.28. The van der Waals surface area contributed by atoms with Crippen LogP contribution < -0.4 is 10.1 Å². The summed E-state index contributed by atoms with van der Waals surface area (Å²) in [6.07, 6.45) is 0.361. The molecule has 5 nitrogen and oxygen atoms in total. The number of carboxylic acids is 1. The molecule has 5 heteroatoms. The third-order valence-electron chi connectivity index (χ3n) is 7.23. The van der Waals surface area contributed by atoms with Crippen molar-refractivity contribution < 1.29 is 19.4 Å². The monoisotopic (exact) mass is 529 g/mol. The van der Waals surface area contributed by atoms with E-state index in [1.165, 1.54) is 0 Å². The Morgan fingerprint density at radius 2 is 1.55 bits per heavy atom. The number of nitrogens with one attached hydrogen (secondary N) is 1. The molecule has 0 saturated carbocycles. The lowest BCUT2D eigenvalue weighted by Crippen LogP contribution is -2.20. The third-order valence-corrected chi connectivity index (χ3v) is 7.23. The first-order chi connectivity index (χ1) is 19.4. The van der Waals surface area contributed by atoms with Gasteiger partial charge in [-0.05, 0) is 70.6 Å². The Kier molecular flexibility index (Phi) is 7.92. The van der Waals surface area contributed by atoms with Crippen molar-refractivity contribution in [1.82, 2.24) is 0 Å². The molecule has 2 N–H and O–H groups in total. The molecule has 0 aliphatic rings. The molecule has 0 bridgehead atoms. The summed E-state index contributed by atoms with van der Waals surface area (Å²) in [6.45, 7) is 4.24. The van der Waals surface area contributed by atoms with E-state index in [-0.39, 0.29) is 11.5 Å². The minimum Gasteiger partial charge on any atom is -0.489 e. The normalized spacial score (nSPS) is 11.7. The number of carboxylic acid groups (broad SMARTS) is 1. The van der Waals surface area contributed by atoms with E-state index in [2.05, 4.69) is 5.32 Å². The van der Waals surface area contributed by atoms with Crippen molar-refractivity contribution in [2.24, 2.45) is 0 Å². The summed E-state index contributed by atoms with van der Waals surface area (Å²) in [6, 6.07) is 34.6. The maximum Gasteiger partial charge on any atom is 0.335 e. The highest BCUT2D eigenvalue weighted by Gasteiger charge is 2.20. The van der Waals surface area contributed by atoms with Gasteiger partial charge in [0.25, 0.3) is 0 Å². The lowest BCUT2D eigenvalue weighted by Gasteiger charge is -2.18. The summed E-state index contributed by atoms with van der Waals surface area (Å²) in [7, 11) is 0. The SMILES string of the molecule is Cc1ccccc1OCc1ccc(Cc2ccccc2C(=O)O)c(NC(=O)C(C)c2cccc3ccccc23)c1. The van der Waals surface area contributed by atoms with Crippen LogP contribution in [-0.4, -0.2) is 17.0 Å². The Bertz CT molecular complexity index is 1690. The fourth-order valence-electron chi connectivity index (χ4n) is 4.96. The first-order valence-corrected chi connectivity index (χ1v) is 13.3. The van der Waals surface area contributed by atoms with Gasteiger partial charge in [-0.2, -0.15) is 0 Å². The van der Waals surface area contributed by atoms with Crippen LogP contribution in [0.25, 0.3) is 10.8 Å². The molecule has 1 amide bonds. The number of rotatable bonds is 9. The minimum atomic E-state index is -0.978. The van der Waals surface area contributed by atoms with E-state index < -0.39 is 11.9 Å². The molecule has 200 valence electrons. The number of anilines is 1. The van der Waals surface area contributed by atoms with Gasteiger partial charge in [0, 0.05) is 12.1 Å². The van der Waals surface area contributed by atoms with Gasteiger partial charge >= 0.3 is 5.97 Å². The zero-order valence-corrected chi connectivity index (χ0v) is 22.6. The van der Waals surface area contributed by atoms with Gasteiger partial charge in [0.15, 0.2) is 0 Å². The molecule has 40 heavy (non-hydrogen) atoms. The van der Waals surface area contributed by atoms with Crippen LogP contribution in [0.2, 0.25) is 0 Å². The molecule has 5 rings (SSSR count). The standard InChI is InChI=1S/C35H31NO4/c1-23-10-3-8-17-33(23)40-22-25-18-19-28(21-27-12-5-7-15-31(27)35(38)39)32(20-25)36-34(37)24(2)29-16-9-13-26-11-4-6-14-30(26)29/h3-20,24H,21-22H2,1-2H3,(H,36,37)(H,38,39). The van der Waals surface area contributed by atoms with Gasteiger partial charge in [-0.3, -0.25) is 4.79 Å². The number of ether oxygens (including phenoxy) is 1. The number of carbonyl (C=O) groups excluding carboxylic acids is 1. The smallest absolute Gasteiger partial charge is 0.335 e. The number of carbonyl (C=O) groups is 2. The maximum absolute atomic E-state index is 13.6. The molecular weight excluding hydrogens is 498 g/mol. The number of aryl methyl sites for hydroxylation is 1. The number of aromatic carboxylic acids is 1. The Labute approximate surface area is 234 Å². The molecule has 5 aromatic rings. The molecule has 1 unspecified atom stereocenters. The Hall–Kier alpha value is -4.90. The highest BCUT2D eigenvalue weighted by Crippen LogP contribution is 2.29. The predicted octanol–water partition coefficient (Wildman–Crippen LogP) is 7.76. The molecule has 1 atom stereocenters. The van der Waals surface area contributed by atoms with Crippen LogP contribution in [0.15, 0.2) is 109 Å². The van der Waals surface area contributed by atoms with Crippen molar-refractivity contribution >= 4 is 28.3 Å². The van der Waals surface area contributed by atoms with E-state index in [0.29, 0.717) is 24.3 Å². The van der Waals surface area contributed by atoms with Gasteiger partial charge in [-0.1, -0.05) is 91.0 Å². The number of benzene rings is 5. The number of fused-ring (bicyclic) bond motifs is 1. The molecule has 0 aromatic heterocycles. The fraction of sp³-hybridized carbons (Fsp3) is 0.143. The topological polar surface area (TPSA) is 75.6 Å². The van der Waals surface area contributed by atoms with Crippen molar-refractivity contribution in [1.29, 1.82) is 0 Å². The van der Waals surface area contributed by atoms with Crippen molar-refractivity contribution in [3.63, 3.8) is 0 Å². The van der Waals surface area contributed by atoms with Gasteiger partial charge < -0.3 is 15.2 Å². The number of amides is 1. The molecular formula is C35H31NO4. The fourth-order valence-corrected chi connectivity index (χ4v) is 4.96. The number of hydrogen-bond donors (Lipinski definition) is 2. The summed E-state index contributed by atoms with van der Waals surface area (Å²) in [5, 5.41) is 15.0. The van der Waals surface area contributed by atoms with Crippen LogP contribution in [0, 0.1) is 6.92 Å². The van der Waals surface area contributed by atoms with Crippen molar-refractivity contribution in [2.45, 2.75) is 32.8 Å². The molecule has 0 spiro atoms. The molecule has 0 aliphatic heterocycles. The average molecular weight is 530 g/mol. The Morgan fingerprint density at radius 1 is 0.825 bits per heavy atom. The summed E-state index contributed by atoms with van der Waals surface area (Å²) in [5.74, 6) is -0.718. The van der Waals surface area contributed by atoms with Gasteiger partial charge in [0.05, 0.1) is 11.5 Å². The van der Waals surface area contributed by atoms with Gasteiger partial charge in [0.1, 0.15) is 12.4 Å². The molecule has 0 radical (unpaired) electrons. The molecule has 5 aromatic carbocycles. The van der Waals surface area contributed by atoms with Crippen molar-refractivity contribution in [3.05, 3.63) is 143 Å². The van der Waals surface area contributed by atoms with E-state index in [0.717, 1.165) is 38.8 Å². The summed E-state index contributed by atoms with van der Waals surface area (Å²) >= 11 is 0. The third kappa shape index (κ3) is 5.89. The van der Waals surface area contributed by atoms with Crippen LogP contribution in [0.4, 0.5) is 5.69 Å². The minimum absolute atomic E-state index is 0.138. The van der Waals surface area contributed by atoms with Crippen LogP contribution in [0.1, 0.15) is 51.0 Å². The van der Waals surface area contributed by atoms with E-state index in [4.69, 9.17) is 4.74 Å². The first-order valence-electron chi connectivity index (χ1n) is 13.3. The van der Waals surface area contributed by atoms with Crippen LogP contribution in [-0.2, 0) is 17.8 Å². The van der Waals surface area contributed by atoms with Crippen LogP contribution in [0.5, 0.6) is 5.75 Å². The second kappa shape index (κ2) is 11.9. The van der Waals surface area contributed by atoms with Crippen LogP contribution in [0.3, 0.4) is 0 Å². The zero-order chi connectivity index (χ0) is 28.1. The second-order valence-electron chi connectivity index (χ2n) is 9.96. The van der Waals surface area contributed by atoms with E-state index in [1.54, 1.807) is 12.1 Å².